The molecule has 2 aromatic rings. The summed E-state index contributed by atoms with van der Waals surface area (Å²) < 4.78 is 5.74. The van der Waals surface area contributed by atoms with Crippen LogP contribution in [-0.2, 0) is 4.79 Å². The first-order valence-corrected chi connectivity index (χ1v) is 8.86. The van der Waals surface area contributed by atoms with Gasteiger partial charge in [-0.05, 0) is 36.8 Å². The van der Waals surface area contributed by atoms with Crippen LogP contribution in [0.5, 0.6) is 5.75 Å². The van der Waals surface area contributed by atoms with Gasteiger partial charge < -0.3 is 4.74 Å². The number of para-hydroxylation sites is 1. The van der Waals surface area contributed by atoms with Crippen molar-refractivity contribution in [3.8, 4) is 16.9 Å². The number of hydrazone groups is 1. The third kappa shape index (κ3) is 4.69. The van der Waals surface area contributed by atoms with Crippen LogP contribution in [0.1, 0.15) is 32.6 Å². The Kier molecular flexibility index (Phi) is 5.83. The Hall–Kier alpha value is -2.62. The van der Waals surface area contributed by atoms with E-state index in [-0.39, 0.29) is 12.5 Å². The fourth-order valence-corrected chi connectivity index (χ4v) is 3.09. The molecule has 1 aliphatic rings. The van der Waals surface area contributed by atoms with E-state index < -0.39 is 0 Å². The van der Waals surface area contributed by atoms with E-state index in [4.69, 9.17) is 4.74 Å². The van der Waals surface area contributed by atoms with Gasteiger partial charge in [0.05, 0.1) is 0 Å². The molecule has 0 aromatic heterocycles. The molecule has 2 aromatic carbocycles. The maximum atomic E-state index is 12.1. The van der Waals surface area contributed by atoms with E-state index in [1.165, 1.54) is 6.42 Å². The lowest BCUT2D eigenvalue weighted by molar-refractivity contribution is -0.123. The predicted octanol–water partition coefficient (Wildman–Crippen LogP) is 4.41. The van der Waals surface area contributed by atoms with Gasteiger partial charge >= 0.3 is 0 Å². The van der Waals surface area contributed by atoms with Gasteiger partial charge in [0.2, 0.25) is 0 Å². The van der Waals surface area contributed by atoms with Crippen molar-refractivity contribution in [2.45, 2.75) is 32.6 Å². The molecule has 0 spiro atoms. The Bertz CT molecular complexity index is 741. The van der Waals surface area contributed by atoms with Crippen molar-refractivity contribution in [2.24, 2.45) is 11.0 Å². The van der Waals surface area contributed by atoms with Crippen LogP contribution < -0.4 is 10.2 Å². The summed E-state index contributed by atoms with van der Waals surface area (Å²) in [7, 11) is 0. The molecule has 25 heavy (non-hydrogen) atoms. The third-order valence-corrected chi connectivity index (χ3v) is 4.54. The van der Waals surface area contributed by atoms with Crippen LogP contribution >= 0.6 is 0 Å². The van der Waals surface area contributed by atoms with Crippen molar-refractivity contribution >= 4 is 11.6 Å². The SMILES string of the molecule is C[C@H]1CCCC/C1=N/NC(=O)COc1ccccc1-c1ccccc1. The number of carbonyl (C=O) groups excluding carboxylic acids is 1. The van der Waals surface area contributed by atoms with E-state index in [0.717, 1.165) is 36.1 Å². The molecule has 1 aliphatic carbocycles. The molecule has 0 heterocycles. The molecule has 4 nitrogen and oxygen atoms in total. The van der Waals surface area contributed by atoms with Crippen LogP contribution in [0.4, 0.5) is 0 Å². The number of hydrogen-bond donors (Lipinski definition) is 1. The molecule has 3 rings (SSSR count). The second-order valence-electron chi connectivity index (χ2n) is 6.44. The number of amides is 1. The molecule has 0 radical (unpaired) electrons. The Labute approximate surface area is 148 Å². The Morgan fingerprint density at radius 3 is 2.68 bits per heavy atom. The maximum Gasteiger partial charge on any atom is 0.277 e. The molecule has 0 bridgehead atoms. The minimum atomic E-state index is -0.229. The number of hydrogen-bond acceptors (Lipinski definition) is 3. The number of rotatable bonds is 5. The van der Waals surface area contributed by atoms with E-state index in [9.17, 15) is 4.79 Å². The molecule has 1 atom stereocenters. The summed E-state index contributed by atoms with van der Waals surface area (Å²) >= 11 is 0. The fraction of sp³-hybridized carbons (Fsp3) is 0.333. The van der Waals surface area contributed by atoms with E-state index >= 15 is 0 Å². The summed E-state index contributed by atoms with van der Waals surface area (Å²) in [6, 6.07) is 17.7. The van der Waals surface area contributed by atoms with Crippen LogP contribution in [0.3, 0.4) is 0 Å². The van der Waals surface area contributed by atoms with E-state index in [0.29, 0.717) is 11.7 Å². The number of carbonyl (C=O) groups is 1. The van der Waals surface area contributed by atoms with Gasteiger partial charge in [0.15, 0.2) is 6.61 Å². The van der Waals surface area contributed by atoms with Crippen molar-refractivity contribution in [1.29, 1.82) is 0 Å². The van der Waals surface area contributed by atoms with Gasteiger partial charge in [-0.3, -0.25) is 4.79 Å². The minimum Gasteiger partial charge on any atom is -0.483 e. The van der Waals surface area contributed by atoms with Crippen LogP contribution in [0.15, 0.2) is 59.7 Å². The topological polar surface area (TPSA) is 50.7 Å². The first kappa shape index (κ1) is 17.2. The van der Waals surface area contributed by atoms with Gasteiger partial charge in [-0.2, -0.15) is 5.10 Å². The average Bonchev–Trinajstić information content (AvgIpc) is 2.66. The first-order valence-electron chi connectivity index (χ1n) is 8.86. The highest BCUT2D eigenvalue weighted by molar-refractivity contribution is 5.88. The highest BCUT2D eigenvalue weighted by Gasteiger charge is 2.16. The summed E-state index contributed by atoms with van der Waals surface area (Å²) in [6.07, 6.45) is 4.52. The van der Waals surface area contributed by atoms with Crippen molar-refractivity contribution in [3.63, 3.8) is 0 Å². The maximum absolute atomic E-state index is 12.1. The van der Waals surface area contributed by atoms with E-state index in [1.807, 2.05) is 54.6 Å². The second-order valence-corrected chi connectivity index (χ2v) is 6.44. The average molecular weight is 336 g/mol. The molecular formula is C21H24N2O2. The predicted molar refractivity (Wildman–Crippen MR) is 101 cm³/mol. The molecule has 0 saturated heterocycles. The summed E-state index contributed by atoms with van der Waals surface area (Å²) in [5.74, 6) is 0.921. The summed E-state index contributed by atoms with van der Waals surface area (Å²) in [5, 5.41) is 4.29. The van der Waals surface area contributed by atoms with E-state index in [1.54, 1.807) is 0 Å². The van der Waals surface area contributed by atoms with Crippen molar-refractivity contribution in [1.82, 2.24) is 5.43 Å². The van der Waals surface area contributed by atoms with Gasteiger partial charge in [-0.1, -0.05) is 61.9 Å². The lowest BCUT2D eigenvalue weighted by Gasteiger charge is -2.19. The Morgan fingerprint density at radius 1 is 1.12 bits per heavy atom. The van der Waals surface area contributed by atoms with Crippen LogP contribution in [-0.4, -0.2) is 18.2 Å². The molecule has 4 heteroatoms. The standard InChI is InChI=1S/C21H24N2O2/c1-16-9-5-7-13-19(16)22-23-21(24)15-25-20-14-8-6-12-18(20)17-10-3-2-4-11-17/h2-4,6,8,10-12,14,16H,5,7,9,13,15H2,1H3,(H,23,24)/b22-19-/t16-/m0/s1. The molecule has 0 aliphatic heterocycles. The first-order chi connectivity index (χ1) is 12.2. The summed E-state index contributed by atoms with van der Waals surface area (Å²) in [5.41, 5.74) is 5.76. The molecule has 1 saturated carbocycles. The number of nitrogens with one attached hydrogen (secondary N) is 1. The highest BCUT2D eigenvalue weighted by Crippen LogP contribution is 2.29. The zero-order chi connectivity index (χ0) is 17.5. The molecule has 1 fully saturated rings. The van der Waals surface area contributed by atoms with Crippen LogP contribution in [0.25, 0.3) is 11.1 Å². The number of benzene rings is 2. The smallest absolute Gasteiger partial charge is 0.277 e. The normalized spacial score (nSPS) is 18.8. The zero-order valence-electron chi connectivity index (χ0n) is 14.6. The van der Waals surface area contributed by atoms with Gasteiger partial charge in [0, 0.05) is 11.3 Å². The van der Waals surface area contributed by atoms with Crippen molar-refractivity contribution in [2.75, 3.05) is 6.61 Å². The molecule has 1 N–H and O–H groups in total. The van der Waals surface area contributed by atoms with Crippen LogP contribution in [0.2, 0.25) is 0 Å². The monoisotopic (exact) mass is 336 g/mol. The van der Waals surface area contributed by atoms with Gasteiger partial charge in [0.1, 0.15) is 5.75 Å². The van der Waals surface area contributed by atoms with Gasteiger partial charge in [-0.25, -0.2) is 5.43 Å². The van der Waals surface area contributed by atoms with Gasteiger partial charge in [-0.15, -0.1) is 0 Å². The zero-order valence-corrected chi connectivity index (χ0v) is 14.6. The number of nitrogens with zero attached hydrogens (tertiary/aromatic N) is 1. The molecular weight excluding hydrogens is 312 g/mol. The minimum absolute atomic E-state index is 0.0466. The van der Waals surface area contributed by atoms with Crippen molar-refractivity contribution < 1.29 is 9.53 Å². The fourth-order valence-electron chi connectivity index (χ4n) is 3.09. The Morgan fingerprint density at radius 2 is 1.88 bits per heavy atom. The largest absolute Gasteiger partial charge is 0.483 e. The van der Waals surface area contributed by atoms with Crippen LogP contribution in [0, 0.1) is 5.92 Å². The molecule has 0 unspecified atom stereocenters. The summed E-state index contributed by atoms with van der Waals surface area (Å²) in [6.45, 7) is 2.12. The number of ether oxygens (including phenoxy) is 1. The van der Waals surface area contributed by atoms with E-state index in [2.05, 4.69) is 17.5 Å². The van der Waals surface area contributed by atoms with Gasteiger partial charge in [0.25, 0.3) is 5.91 Å². The highest BCUT2D eigenvalue weighted by atomic mass is 16.5. The molecule has 1 amide bonds. The molecule has 130 valence electrons. The Balaban J connectivity index is 1.60. The second kappa shape index (κ2) is 8.47. The third-order valence-electron chi connectivity index (χ3n) is 4.54. The quantitative estimate of drug-likeness (QED) is 0.822. The lowest BCUT2D eigenvalue weighted by Crippen LogP contribution is -2.28. The van der Waals surface area contributed by atoms with Crippen molar-refractivity contribution in [3.05, 3.63) is 54.6 Å². The lowest BCUT2D eigenvalue weighted by atomic mass is 9.89. The summed E-state index contributed by atoms with van der Waals surface area (Å²) in [4.78, 5) is 12.1.